The predicted octanol–water partition coefficient (Wildman–Crippen LogP) is 2.09. The molecule has 12 heteroatoms. The van der Waals surface area contributed by atoms with Crippen molar-refractivity contribution in [3.8, 4) is 5.75 Å². The van der Waals surface area contributed by atoms with Crippen molar-refractivity contribution in [2.75, 3.05) is 29.5 Å². The molecular weight excluding hydrogens is 377 g/mol. The summed E-state index contributed by atoms with van der Waals surface area (Å²) in [7, 11) is 0. The summed E-state index contributed by atoms with van der Waals surface area (Å²) in [5.74, 6) is -0.468. The van der Waals surface area contributed by atoms with Gasteiger partial charge in [0.25, 0.3) is 5.91 Å². The molecule has 1 atom stereocenters. The number of rotatable bonds is 4. The Morgan fingerprint density at radius 3 is 3.04 bits per heavy atom. The standard InChI is InChI=1S/C14H14ClF3N6O2/c15-7-3-21-12-10(11(19)23-24(12)5-7)13(25)22-8-4-20-2-1-9(8)26-6-14(16,17)18/h1-2,4,7,21H,3,5-6H2,(H2,19,23)(H,22,25). The molecular formula is C14H14ClF3N6O2. The zero-order chi connectivity index (χ0) is 18.9. The van der Waals surface area contributed by atoms with Gasteiger partial charge in [0, 0.05) is 18.8 Å². The van der Waals surface area contributed by atoms with Crippen molar-refractivity contribution >= 4 is 34.8 Å². The SMILES string of the molecule is Nc1nn2c(c1C(=O)Nc1cnccc1OCC(F)(F)F)NCC(Cl)C2. The number of ether oxygens (including phenoxy) is 1. The second kappa shape index (κ2) is 6.90. The molecule has 1 aliphatic heterocycles. The van der Waals surface area contributed by atoms with Gasteiger partial charge in [0.15, 0.2) is 12.4 Å². The van der Waals surface area contributed by atoms with Gasteiger partial charge in [-0.25, -0.2) is 4.68 Å². The normalized spacial score (nSPS) is 16.5. The number of nitrogen functional groups attached to an aromatic ring is 1. The highest BCUT2D eigenvalue weighted by Gasteiger charge is 2.30. The summed E-state index contributed by atoms with van der Waals surface area (Å²) in [5, 5.41) is 9.25. The lowest BCUT2D eigenvalue weighted by molar-refractivity contribution is -0.153. The zero-order valence-corrected chi connectivity index (χ0v) is 13.9. The Morgan fingerprint density at radius 1 is 1.54 bits per heavy atom. The molecule has 1 unspecified atom stereocenters. The van der Waals surface area contributed by atoms with Crippen molar-refractivity contribution < 1.29 is 22.7 Å². The van der Waals surface area contributed by atoms with Gasteiger partial charge in [-0.1, -0.05) is 0 Å². The molecule has 2 aromatic heterocycles. The van der Waals surface area contributed by atoms with E-state index in [1.165, 1.54) is 23.1 Å². The number of nitrogens with zero attached hydrogens (tertiary/aromatic N) is 3. The molecule has 0 aliphatic carbocycles. The van der Waals surface area contributed by atoms with Gasteiger partial charge < -0.3 is 21.1 Å². The molecule has 2 aromatic rings. The summed E-state index contributed by atoms with van der Waals surface area (Å²) in [5.41, 5.74) is 5.85. The number of nitrogens with two attached hydrogens (primary N) is 1. The first-order chi connectivity index (χ1) is 12.2. The molecule has 140 valence electrons. The number of carbonyl (C=O) groups excluding carboxylic acids is 1. The van der Waals surface area contributed by atoms with E-state index in [2.05, 4.69) is 20.7 Å². The average molecular weight is 391 g/mol. The number of carbonyl (C=O) groups is 1. The number of nitrogens with one attached hydrogen (secondary N) is 2. The van der Waals surface area contributed by atoms with Gasteiger partial charge in [-0.2, -0.15) is 18.3 Å². The van der Waals surface area contributed by atoms with E-state index in [-0.39, 0.29) is 28.2 Å². The highest BCUT2D eigenvalue weighted by atomic mass is 35.5. The molecule has 0 saturated heterocycles. The third kappa shape index (κ3) is 3.93. The zero-order valence-electron chi connectivity index (χ0n) is 13.2. The second-order valence-corrected chi connectivity index (χ2v) is 6.12. The molecule has 1 amide bonds. The fourth-order valence-corrected chi connectivity index (χ4v) is 2.63. The minimum Gasteiger partial charge on any atom is -0.482 e. The van der Waals surface area contributed by atoms with Crippen molar-refractivity contribution in [1.82, 2.24) is 14.8 Å². The van der Waals surface area contributed by atoms with Crippen LogP contribution in [0.3, 0.4) is 0 Å². The Morgan fingerprint density at radius 2 is 2.31 bits per heavy atom. The number of hydrogen-bond donors (Lipinski definition) is 3. The van der Waals surface area contributed by atoms with Gasteiger partial charge >= 0.3 is 6.18 Å². The highest BCUT2D eigenvalue weighted by molar-refractivity contribution is 6.21. The summed E-state index contributed by atoms with van der Waals surface area (Å²) in [6, 6.07) is 1.22. The number of aromatic nitrogens is 3. The molecule has 0 saturated carbocycles. The number of pyridine rings is 1. The fourth-order valence-electron chi connectivity index (χ4n) is 2.42. The van der Waals surface area contributed by atoms with E-state index in [0.29, 0.717) is 18.9 Å². The molecule has 26 heavy (non-hydrogen) atoms. The van der Waals surface area contributed by atoms with Gasteiger partial charge in [0.05, 0.1) is 18.1 Å². The smallest absolute Gasteiger partial charge is 0.422 e. The van der Waals surface area contributed by atoms with Crippen molar-refractivity contribution in [2.45, 2.75) is 18.1 Å². The third-order valence-electron chi connectivity index (χ3n) is 3.49. The van der Waals surface area contributed by atoms with E-state index < -0.39 is 18.7 Å². The maximum Gasteiger partial charge on any atom is 0.422 e. The molecule has 1 aliphatic rings. The molecule has 0 spiro atoms. The van der Waals surface area contributed by atoms with E-state index in [4.69, 9.17) is 22.1 Å². The molecule has 8 nitrogen and oxygen atoms in total. The van der Waals surface area contributed by atoms with Crippen LogP contribution < -0.4 is 21.1 Å². The number of halogens is 4. The van der Waals surface area contributed by atoms with Gasteiger partial charge in [-0.05, 0) is 0 Å². The fraction of sp³-hybridized carbons (Fsp3) is 0.357. The molecule has 0 radical (unpaired) electrons. The minimum atomic E-state index is -4.51. The van der Waals surface area contributed by atoms with E-state index in [9.17, 15) is 18.0 Å². The van der Waals surface area contributed by atoms with Crippen LogP contribution in [0.5, 0.6) is 5.75 Å². The van der Waals surface area contributed by atoms with Crippen LogP contribution in [0.15, 0.2) is 18.5 Å². The van der Waals surface area contributed by atoms with Crippen molar-refractivity contribution in [3.63, 3.8) is 0 Å². The lowest BCUT2D eigenvalue weighted by atomic mass is 10.2. The van der Waals surface area contributed by atoms with Crippen LogP contribution in [0.2, 0.25) is 0 Å². The van der Waals surface area contributed by atoms with Crippen LogP contribution in [0.4, 0.5) is 30.5 Å². The number of hydrogen-bond acceptors (Lipinski definition) is 6. The van der Waals surface area contributed by atoms with Gasteiger partial charge in [-0.15, -0.1) is 11.6 Å². The Hall–Kier alpha value is -2.69. The Labute approximate surface area is 150 Å². The number of amides is 1. The van der Waals surface area contributed by atoms with Crippen molar-refractivity contribution in [1.29, 1.82) is 0 Å². The molecule has 0 bridgehead atoms. The molecule has 0 fully saturated rings. The van der Waals surface area contributed by atoms with Crippen LogP contribution >= 0.6 is 11.6 Å². The first-order valence-electron chi connectivity index (χ1n) is 7.43. The Bertz CT molecular complexity index is 825. The molecule has 0 aromatic carbocycles. The summed E-state index contributed by atoms with van der Waals surface area (Å²) < 4.78 is 43.3. The third-order valence-corrected chi connectivity index (χ3v) is 3.78. The lowest BCUT2D eigenvalue weighted by Gasteiger charge is -2.21. The maximum atomic E-state index is 12.6. The lowest BCUT2D eigenvalue weighted by Crippen LogP contribution is -2.29. The first-order valence-corrected chi connectivity index (χ1v) is 7.87. The van der Waals surface area contributed by atoms with Crippen molar-refractivity contribution in [2.24, 2.45) is 0 Å². The van der Waals surface area contributed by atoms with E-state index in [0.717, 1.165) is 0 Å². The summed E-state index contributed by atoms with van der Waals surface area (Å²) in [6.07, 6.45) is -2.08. The van der Waals surface area contributed by atoms with Crippen LogP contribution in [-0.4, -0.2) is 45.4 Å². The maximum absolute atomic E-state index is 12.6. The van der Waals surface area contributed by atoms with Crippen LogP contribution in [-0.2, 0) is 6.54 Å². The Balaban J connectivity index is 1.81. The van der Waals surface area contributed by atoms with Gasteiger partial charge in [-0.3, -0.25) is 9.78 Å². The monoisotopic (exact) mass is 390 g/mol. The molecule has 3 rings (SSSR count). The first kappa shape index (κ1) is 18.1. The van der Waals surface area contributed by atoms with Crippen molar-refractivity contribution in [3.05, 3.63) is 24.0 Å². The minimum absolute atomic E-state index is 0.0212. The van der Waals surface area contributed by atoms with E-state index in [1.54, 1.807) is 0 Å². The number of alkyl halides is 4. The van der Waals surface area contributed by atoms with Crippen LogP contribution in [0.1, 0.15) is 10.4 Å². The summed E-state index contributed by atoms with van der Waals surface area (Å²) in [4.78, 5) is 16.4. The summed E-state index contributed by atoms with van der Waals surface area (Å²) in [6.45, 7) is -0.710. The van der Waals surface area contributed by atoms with Gasteiger partial charge in [0.1, 0.15) is 22.8 Å². The van der Waals surface area contributed by atoms with Gasteiger partial charge in [0.2, 0.25) is 0 Å². The Kier molecular flexibility index (Phi) is 4.81. The van der Waals surface area contributed by atoms with E-state index >= 15 is 0 Å². The quantitative estimate of drug-likeness (QED) is 0.690. The van der Waals surface area contributed by atoms with Crippen LogP contribution in [0, 0.1) is 0 Å². The number of anilines is 3. The number of fused-ring (bicyclic) bond motifs is 1. The highest BCUT2D eigenvalue weighted by Crippen LogP contribution is 2.30. The second-order valence-electron chi connectivity index (χ2n) is 5.50. The average Bonchev–Trinajstić information content (AvgIpc) is 2.88. The predicted molar refractivity (Wildman–Crippen MR) is 88.5 cm³/mol. The molecule has 3 heterocycles. The summed E-state index contributed by atoms with van der Waals surface area (Å²) >= 11 is 6.03. The molecule has 4 N–H and O–H groups in total. The van der Waals surface area contributed by atoms with E-state index in [1.807, 2.05) is 0 Å². The largest absolute Gasteiger partial charge is 0.482 e. The topological polar surface area (TPSA) is 107 Å². The van der Waals surface area contributed by atoms with Crippen LogP contribution in [0.25, 0.3) is 0 Å².